The molecule has 5 nitrogen and oxygen atoms in total. The number of aryl methyl sites for hydroxylation is 2. The van der Waals surface area contributed by atoms with Gasteiger partial charge < -0.3 is 4.74 Å². The number of rotatable bonds is 4. The monoisotopic (exact) mass is 380 g/mol. The van der Waals surface area contributed by atoms with Crippen LogP contribution in [0.5, 0.6) is 5.75 Å². The molecule has 2 fully saturated rings. The molecule has 1 saturated heterocycles. The largest absolute Gasteiger partial charge is 0.496 e. The Labute approximate surface area is 158 Å². The summed E-state index contributed by atoms with van der Waals surface area (Å²) < 4.78 is 33.3. The van der Waals surface area contributed by atoms with E-state index in [-0.39, 0.29) is 0 Å². The summed E-state index contributed by atoms with van der Waals surface area (Å²) in [5.41, 5.74) is 1.60. The van der Waals surface area contributed by atoms with Gasteiger partial charge in [-0.05, 0) is 49.9 Å². The molecule has 0 atom stereocenters. The SMILES string of the molecule is COc1cc(C)c(S(=O)(=O)N2CCN(C3CCCCCC3)CC2)cc1C. The molecule has 0 amide bonds. The van der Waals surface area contributed by atoms with Crippen LogP contribution in [-0.4, -0.2) is 57.0 Å². The lowest BCUT2D eigenvalue weighted by molar-refractivity contribution is 0.126. The third kappa shape index (κ3) is 4.07. The van der Waals surface area contributed by atoms with Crippen LogP contribution in [-0.2, 0) is 10.0 Å². The highest BCUT2D eigenvalue weighted by atomic mass is 32.2. The van der Waals surface area contributed by atoms with Crippen LogP contribution in [0.3, 0.4) is 0 Å². The fourth-order valence-corrected chi connectivity index (χ4v) is 6.05. The first-order valence-electron chi connectivity index (χ1n) is 9.83. The van der Waals surface area contributed by atoms with Crippen molar-refractivity contribution in [2.24, 2.45) is 0 Å². The second-order valence-electron chi connectivity index (χ2n) is 7.67. The number of sulfonamides is 1. The van der Waals surface area contributed by atoms with Crippen LogP contribution in [0.2, 0.25) is 0 Å². The lowest BCUT2D eigenvalue weighted by atomic mass is 10.1. The molecule has 1 aromatic rings. The smallest absolute Gasteiger partial charge is 0.243 e. The molecule has 146 valence electrons. The predicted octanol–water partition coefficient (Wildman–Crippen LogP) is 3.34. The average Bonchev–Trinajstić information content (AvgIpc) is 2.92. The van der Waals surface area contributed by atoms with Gasteiger partial charge in [-0.1, -0.05) is 25.7 Å². The lowest BCUT2D eigenvalue weighted by Crippen LogP contribution is -2.51. The predicted molar refractivity (Wildman–Crippen MR) is 104 cm³/mol. The summed E-state index contributed by atoms with van der Waals surface area (Å²) in [6, 6.07) is 4.22. The van der Waals surface area contributed by atoms with Crippen molar-refractivity contribution in [3.05, 3.63) is 23.3 Å². The van der Waals surface area contributed by atoms with E-state index in [0.717, 1.165) is 30.0 Å². The van der Waals surface area contributed by atoms with Crippen LogP contribution in [0, 0.1) is 13.8 Å². The van der Waals surface area contributed by atoms with Crippen LogP contribution in [0.4, 0.5) is 0 Å². The zero-order valence-electron chi connectivity index (χ0n) is 16.3. The van der Waals surface area contributed by atoms with Gasteiger partial charge in [0.15, 0.2) is 0 Å². The van der Waals surface area contributed by atoms with Crippen molar-refractivity contribution in [1.29, 1.82) is 0 Å². The Morgan fingerprint density at radius 1 is 0.923 bits per heavy atom. The maximum absolute atomic E-state index is 13.2. The zero-order valence-corrected chi connectivity index (χ0v) is 17.1. The second-order valence-corrected chi connectivity index (χ2v) is 9.58. The third-order valence-corrected chi connectivity index (χ3v) is 7.97. The quantitative estimate of drug-likeness (QED) is 0.752. The number of ether oxygens (including phenoxy) is 1. The van der Waals surface area contributed by atoms with Crippen molar-refractivity contribution >= 4 is 10.0 Å². The van der Waals surface area contributed by atoms with Crippen molar-refractivity contribution in [1.82, 2.24) is 9.21 Å². The Morgan fingerprint density at radius 3 is 2.12 bits per heavy atom. The Morgan fingerprint density at radius 2 is 1.54 bits per heavy atom. The number of hydrogen-bond donors (Lipinski definition) is 0. The number of hydrogen-bond acceptors (Lipinski definition) is 4. The molecule has 1 aromatic carbocycles. The average molecular weight is 381 g/mol. The van der Waals surface area contributed by atoms with Crippen LogP contribution in [0.15, 0.2) is 17.0 Å². The van der Waals surface area contributed by atoms with Crippen LogP contribution in [0.25, 0.3) is 0 Å². The zero-order chi connectivity index (χ0) is 18.7. The van der Waals surface area contributed by atoms with Gasteiger partial charge in [-0.15, -0.1) is 0 Å². The van der Waals surface area contributed by atoms with Crippen molar-refractivity contribution in [3.63, 3.8) is 0 Å². The van der Waals surface area contributed by atoms with E-state index in [1.165, 1.54) is 38.5 Å². The molecule has 0 N–H and O–H groups in total. The molecule has 2 aliphatic rings. The summed E-state index contributed by atoms with van der Waals surface area (Å²) in [5.74, 6) is 0.736. The first-order chi connectivity index (χ1) is 12.4. The summed E-state index contributed by atoms with van der Waals surface area (Å²) in [4.78, 5) is 2.93. The van der Waals surface area contributed by atoms with Gasteiger partial charge in [0.25, 0.3) is 0 Å². The van der Waals surface area contributed by atoms with Crippen molar-refractivity contribution in [3.8, 4) is 5.75 Å². The van der Waals surface area contributed by atoms with Gasteiger partial charge >= 0.3 is 0 Å². The van der Waals surface area contributed by atoms with Crippen LogP contribution >= 0.6 is 0 Å². The molecule has 6 heteroatoms. The fraction of sp³-hybridized carbons (Fsp3) is 0.700. The Kier molecular flexibility index (Phi) is 6.25. The summed E-state index contributed by atoms with van der Waals surface area (Å²) in [7, 11) is -1.84. The molecule has 0 spiro atoms. The molecule has 0 unspecified atom stereocenters. The molecular weight excluding hydrogens is 348 g/mol. The fourth-order valence-electron chi connectivity index (χ4n) is 4.33. The Balaban J connectivity index is 1.71. The van der Waals surface area contributed by atoms with E-state index in [4.69, 9.17) is 4.74 Å². The highest BCUT2D eigenvalue weighted by Crippen LogP contribution is 2.29. The van der Waals surface area contributed by atoms with Crippen molar-refractivity contribution < 1.29 is 13.2 Å². The molecule has 3 rings (SSSR count). The molecule has 1 saturated carbocycles. The Hall–Kier alpha value is -1.11. The number of methoxy groups -OCH3 is 1. The van der Waals surface area contributed by atoms with E-state index in [2.05, 4.69) is 4.90 Å². The minimum Gasteiger partial charge on any atom is -0.496 e. The minimum atomic E-state index is -3.45. The van der Waals surface area contributed by atoms with Crippen molar-refractivity contribution in [2.75, 3.05) is 33.3 Å². The van der Waals surface area contributed by atoms with Gasteiger partial charge in [0.1, 0.15) is 5.75 Å². The molecule has 0 bridgehead atoms. The molecular formula is C20H32N2O3S. The summed E-state index contributed by atoms with van der Waals surface area (Å²) in [6.07, 6.45) is 7.86. The number of nitrogens with zero attached hydrogens (tertiary/aromatic N) is 2. The number of benzene rings is 1. The number of piperazine rings is 1. The van der Waals surface area contributed by atoms with E-state index < -0.39 is 10.0 Å². The highest BCUT2D eigenvalue weighted by molar-refractivity contribution is 7.89. The van der Waals surface area contributed by atoms with Gasteiger partial charge in [-0.3, -0.25) is 4.90 Å². The summed E-state index contributed by atoms with van der Waals surface area (Å²) in [6.45, 7) is 6.60. The maximum atomic E-state index is 13.2. The maximum Gasteiger partial charge on any atom is 0.243 e. The lowest BCUT2D eigenvalue weighted by Gasteiger charge is -2.38. The van der Waals surface area contributed by atoms with Gasteiger partial charge in [0.05, 0.1) is 12.0 Å². The van der Waals surface area contributed by atoms with E-state index in [9.17, 15) is 8.42 Å². The molecule has 26 heavy (non-hydrogen) atoms. The standard InChI is InChI=1S/C20H32N2O3S/c1-16-15-20(17(2)14-19(16)25-3)26(23,24)22-12-10-21(11-13-22)18-8-6-4-5-7-9-18/h14-15,18H,4-13H2,1-3H3. The molecule has 1 aliphatic carbocycles. The second kappa shape index (κ2) is 8.28. The van der Waals surface area contributed by atoms with Gasteiger partial charge in [0.2, 0.25) is 10.0 Å². The van der Waals surface area contributed by atoms with Crippen LogP contribution in [0.1, 0.15) is 49.7 Å². The Bertz CT molecular complexity index is 717. The molecule has 1 heterocycles. The normalized spacial score (nSPS) is 21.5. The highest BCUT2D eigenvalue weighted by Gasteiger charge is 2.32. The minimum absolute atomic E-state index is 0.415. The van der Waals surface area contributed by atoms with Crippen molar-refractivity contribution in [2.45, 2.75) is 63.3 Å². The third-order valence-electron chi connectivity index (χ3n) is 5.92. The first-order valence-corrected chi connectivity index (χ1v) is 11.3. The van der Waals surface area contributed by atoms with E-state index in [0.29, 0.717) is 24.0 Å². The van der Waals surface area contributed by atoms with Crippen LogP contribution < -0.4 is 4.74 Å². The van der Waals surface area contributed by atoms with E-state index >= 15 is 0 Å². The summed E-state index contributed by atoms with van der Waals surface area (Å²) >= 11 is 0. The van der Waals surface area contributed by atoms with Gasteiger partial charge in [-0.2, -0.15) is 4.31 Å². The topological polar surface area (TPSA) is 49.9 Å². The molecule has 0 aromatic heterocycles. The molecule has 0 radical (unpaired) electrons. The van der Waals surface area contributed by atoms with E-state index in [1.54, 1.807) is 17.5 Å². The molecule has 1 aliphatic heterocycles. The van der Waals surface area contributed by atoms with Gasteiger partial charge in [-0.25, -0.2) is 8.42 Å². The summed E-state index contributed by atoms with van der Waals surface area (Å²) in [5, 5.41) is 0. The van der Waals surface area contributed by atoms with E-state index in [1.807, 2.05) is 19.9 Å². The first kappa shape index (κ1) is 19.6. The van der Waals surface area contributed by atoms with Gasteiger partial charge in [0, 0.05) is 32.2 Å².